The number of halogens is 1. The molecule has 0 aliphatic carbocycles. The Hall–Kier alpha value is -2.11. The smallest absolute Gasteiger partial charge is 0.325 e. The molecule has 0 N–H and O–H groups in total. The number of hydrogen-bond donors (Lipinski definition) is 0. The summed E-state index contributed by atoms with van der Waals surface area (Å²) in [6.07, 6.45) is 0. The molecule has 0 atom stereocenters. The summed E-state index contributed by atoms with van der Waals surface area (Å²) in [5, 5.41) is 0. The number of nitrogens with zero attached hydrogens (tertiary/aromatic N) is 1. The zero-order chi connectivity index (χ0) is 16.9. The van der Waals surface area contributed by atoms with Crippen LogP contribution in [0.3, 0.4) is 0 Å². The van der Waals surface area contributed by atoms with Crippen LogP contribution in [0.25, 0.3) is 0 Å². The van der Waals surface area contributed by atoms with Crippen LogP contribution in [-0.2, 0) is 14.3 Å². The van der Waals surface area contributed by atoms with Crippen LogP contribution in [0.4, 0.5) is 4.39 Å². The Kier molecular flexibility index (Phi) is 5.91. The summed E-state index contributed by atoms with van der Waals surface area (Å²) in [6.45, 7) is 6.66. The van der Waals surface area contributed by atoms with Gasteiger partial charge in [-0.15, -0.1) is 0 Å². The van der Waals surface area contributed by atoms with Gasteiger partial charge >= 0.3 is 5.97 Å². The molecule has 0 aliphatic rings. The summed E-state index contributed by atoms with van der Waals surface area (Å²) in [6, 6.07) is 5.21. The molecule has 122 valence electrons. The fourth-order valence-electron chi connectivity index (χ4n) is 1.88. The maximum Gasteiger partial charge on any atom is 0.325 e. The van der Waals surface area contributed by atoms with E-state index in [1.54, 1.807) is 27.7 Å². The fourth-order valence-corrected chi connectivity index (χ4v) is 1.88. The van der Waals surface area contributed by atoms with Crippen LogP contribution in [0.2, 0.25) is 0 Å². The standard InChI is InChI=1S/C16H22FNO4/c1-11(2)18(10-14(19)21-5)15(20)16(3,4)22-13-8-6-12(17)7-9-13/h6-9,11H,10H2,1-5H3. The Morgan fingerprint density at radius 2 is 1.77 bits per heavy atom. The minimum Gasteiger partial charge on any atom is -0.478 e. The molecule has 5 nitrogen and oxygen atoms in total. The Bertz CT molecular complexity index is 525. The molecular formula is C16H22FNO4. The van der Waals surface area contributed by atoms with Gasteiger partial charge in [-0.3, -0.25) is 9.59 Å². The summed E-state index contributed by atoms with van der Waals surface area (Å²) in [5.41, 5.74) is -1.20. The van der Waals surface area contributed by atoms with Crippen LogP contribution < -0.4 is 4.74 Å². The third-order valence-corrected chi connectivity index (χ3v) is 3.11. The molecule has 0 fully saturated rings. The molecule has 0 aromatic heterocycles. The van der Waals surface area contributed by atoms with Gasteiger partial charge in [0, 0.05) is 6.04 Å². The molecule has 1 amide bonds. The van der Waals surface area contributed by atoms with E-state index < -0.39 is 11.6 Å². The van der Waals surface area contributed by atoms with Crippen LogP contribution in [0, 0.1) is 5.82 Å². The molecule has 0 bridgehead atoms. The first kappa shape index (κ1) is 17.9. The van der Waals surface area contributed by atoms with Crippen molar-refractivity contribution in [1.29, 1.82) is 0 Å². The van der Waals surface area contributed by atoms with E-state index in [1.165, 1.54) is 36.3 Å². The number of carbonyl (C=O) groups excluding carboxylic acids is 2. The van der Waals surface area contributed by atoms with E-state index >= 15 is 0 Å². The zero-order valence-corrected chi connectivity index (χ0v) is 13.6. The average molecular weight is 311 g/mol. The SMILES string of the molecule is COC(=O)CN(C(=O)C(C)(C)Oc1ccc(F)cc1)C(C)C. The van der Waals surface area contributed by atoms with Crippen molar-refractivity contribution in [2.24, 2.45) is 0 Å². The lowest BCUT2D eigenvalue weighted by Crippen LogP contribution is -2.53. The topological polar surface area (TPSA) is 55.8 Å². The van der Waals surface area contributed by atoms with Gasteiger partial charge in [0.2, 0.25) is 0 Å². The number of esters is 1. The Labute approximate surface area is 130 Å². The first-order valence-electron chi connectivity index (χ1n) is 7.00. The molecule has 0 saturated heterocycles. The average Bonchev–Trinajstić information content (AvgIpc) is 2.45. The highest BCUT2D eigenvalue weighted by Crippen LogP contribution is 2.21. The van der Waals surface area contributed by atoms with Crippen LogP contribution >= 0.6 is 0 Å². The predicted molar refractivity (Wildman–Crippen MR) is 80.0 cm³/mol. The van der Waals surface area contributed by atoms with Crippen LogP contribution in [0.1, 0.15) is 27.7 Å². The molecule has 0 heterocycles. The highest BCUT2D eigenvalue weighted by Gasteiger charge is 2.36. The van der Waals surface area contributed by atoms with Crippen LogP contribution in [0.5, 0.6) is 5.75 Å². The molecule has 0 aliphatic heterocycles. The number of hydrogen-bond acceptors (Lipinski definition) is 4. The normalized spacial score (nSPS) is 11.2. The minimum absolute atomic E-state index is 0.150. The van der Waals surface area contributed by atoms with E-state index in [0.29, 0.717) is 5.75 Å². The fraction of sp³-hybridized carbons (Fsp3) is 0.500. The maximum atomic E-state index is 12.9. The number of rotatable bonds is 6. The molecule has 6 heteroatoms. The third kappa shape index (κ3) is 4.72. The quantitative estimate of drug-likeness (QED) is 0.757. The maximum absolute atomic E-state index is 12.9. The van der Waals surface area contributed by atoms with Gasteiger partial charge in [-0.25, -0.2) is 4.39 Å². The predicted octanol–water partition coefficient (Wildman–Crippen LogP) is 2.39. The number of carbonyl (C=O) groups is 2. The van der Waals surface area contributed by atoms with E-state index in [1.807, 2.05) is 0 Å². The summed E-state index contributed by atoms with van der Waals surface area (Å²) in [5.74, 6) is -0.857. The van der Waals surface area contributed by atoms with Gasteiger partial charge in [0.25, 0.3) is 5.91 Å². The molecule has 1 aromatic carbocycles. The lowest BCUT2D eigenvalue weighted by molar-refractivity contribution is -0.155. The van der Waals surface area contributed by atoms with Crippen molar-refractivity contribution in [3.63, 3.8) is 0 Å². The number of benzene rings is 1. The molecule has 0 unspecified atom stereocenters. The van der Waals surface area contributed by atoms with Crippen molar-refractivity contribution in [2.75, 3.05) is 13.7 Å². The van der Waals surface area contributed by atoms with E-state index in [4.69, 9.17) is 4.74 Å². The molecule has 0 radical (unpaired) electrons. The van der Waals surface area contributed by atoms with E-state index in [0.717, 1.165) is 0 Å². The van der Waals surface area contributed by atoms with E-state index in [9.17, 15) is 14.0 Å². The van der Waals surface area contributed by atoms with Crippen molar-refractivity contribution >= 4 is 11.9 Å². The molecule has 1 aromatic rings. The zero-order valence-electron chi connectivity index (χ0n) is 13.6. The highest BCUT2D eigenvalue weighted by atomic mass is 19.1. The highest BCUT2D eigenvalue weighted by molar-refractivity contribution is 5.88. The van der Waals surface area contributed by atoms with Crippen molar-refractivity contribution in [2.45, 2.75) is 39.3 Å². The van der Waals surface area contributed by atoms with Crippen molar-refractivity contribution in [1.82, 2.24) is 4.90 Å². The van der Waals surface area contributed by atoms with Gasteiger partial charge in [0.1, 0.15) is 18.1 Å². The summed E-state index contributed by atoms with van der Waals surface area (Å²) in [7, 11) is 1.27. The minimum atomic E-state index is -1.20. The number of ether oxygens (including phenoxy) is 2. The first-order chi connectivity index (χ1) is 10.2. The molecule has 0 saturated carbocycles. The van der Waals surface area contributed by atoms with Gasteiger partial charge in [0.15, 0.2) is 5.60 Å². The Morgan fingerprint density at radius 3 is 2.23 bits per heavy atom. The summed E-state index contributed by atoms with van der Waals surface area (Å²) >= 11 is 0. The summed E-state index contributed by atoms with van der Waals surface area (Å²) in [4.78, 5) is 25.5. The van der Waals surface area contributed by atoms with Gasteiger partial charge < -0.3 is 14.4 Å². The largest absolute Gasteiger partial charge is 0.478 e. The van der Waals surface area contributed by atoms with E-state index in [2.05, 4.69) is 4.74 Å². The molecule has 0 spiro atoms. The van der Waals surface area contributed by atoms with Gasteiger partial charge in [-0.05, 0) is 52.0 Å². The van der Waals surface area contributed by atoms with Gasteiger partial charge in [-0.2, -0.15) is 0 Å². The second-order valence-electron chi connectivity index (χ2n) is 5.67. The monoisotopic (exact) mass is 311 g/mol. The van der Waals surface area contributed by atoms with Gasteiger partial charge in [0.05, 0.1) is 7.11 Å². The second kappa shape index (κ2) is 7.24. The molecular weight excluding hydrogens is 289 g/mol. The molecule has 1 rings (SSSR count). The third-order valence-electron chi connectivity index (χ3n) is 3.11. The Balaban J connectivity index is 2.90. The van der Waals surface area contributed by atoms with Crippen molar-refractivity contribution in [3.8, 4) is 5.75 Å². The van der Waals surface area contributed by atoms with Crippen LogP contribution in [-0.4, -0.2) is 42.1 Å². The molecule has 22 heavy (non-hydrogen) atoms. The summed E-state index contributed by atoms with van der Waals surface area (Å²) < 4.78 is 23.2. The van der Waals surface area contributed by atoms with Crippen molar-refractivity contribution in [3.05, 3.63) is 30.1 Å². The van der Waals surface area contributed by atoms with Gasteiger partial charge in [-0.1, -0.05) is 0 Å². The second-order valence-corrected chi connectivity index (χ2v) is 5.67. The Morgan fingerprint density at radius 1 is 1.23 bits per heavy atom. The lowest BCUT2D eigenvalue weighted by atomic mass is 10.1. The lowest BCUT2D eigenvalue weighted by Gasteiger charge is -2.34. The number of amides is 1. The van der Waals surface area contributed by atoms with Crippen molar-refractivity contribution < 1.29 is 23.5 Å². The first-order valence-corrected chi connectivity index (χ1v) is 7.00. The number of methoxy groups -OCH3 is 1. The van der Waals surface area contributed by atoms with Crippen LogP contribution in [0.15, 0.2) is 24.3 Å². The van der Waals surface area contributed by atoms with E-state index in [-0.39, 0.29) is 24.3 Å².